The standard InChI is InChI=1S/C12H22N6O7/c1-4(13)9(21)17-18-10(22)6(3-7(14)20)15-12(25)16-8(5(2)19)11(23)24/h4-6,8,19H,3,13H2,1-2H3,(H2,14,20)(H,17,21)(H,18,22)(H,23,24)(H2,15,16,25). The van der Waals surface area contributed by atoms with E-state index in [-0.39, 0.29) is 0 Å². The van der Waals surface area contributed by atoms with E-state index in [9.17, 15) is 29.1 Å². The van der Waals surface area contributed by atoms with E-state index in [2.05, 4.69) is 0 Å². The molecule has 4 unspecified atom stereocenters. The lowest BCUT2D eigenvalue weighted by Gasteiger charge is -2.21. The van der Waals surface area contributed by atoms with Crippen molar-refractivity contribution in [2.24, 2.45) is 11.5 Å². The fourth-order valence-electron chi connectivity index (χ4n) is 1.46. The van der Waals surface area contributed by atoms with Gasteiger partial charge in [0, 0.05) is 0 Å². The summed E-state index contributed by atoms with van der Waals surface area (Å²) in [5.41, 5.74) is 14.2. The lowest BCUT2D eigenvalue weighted by Crippen LogP contribution is -2.59. The van der Waals surface area contributed by atoms with E-state index in [1.165, 1.54) is 6.92 Å². The van der Waals surface area contributed by atoms with Gasteiger partial charge >= 0.3 is 12.0 Å². The highest BCUT2D eigenvalue weighted by molar-refractivity contribution is 5.93. The first-order valence-electron chi connectivity index (χ1n) is 7.07. The molecule has 0 heterocycles. The molecule has 0 fully saturated rings. The summed E-state index contributed by atoms with van der Waals surface area (Å²) >= 11 is 0. The number of aliphatic hydroxyl groups excluding tert-OH is 1. The molecule has 4 atom stereocenters. The summed E-state index contributed by atoms with van der Waals surface area (Å²) in [6, 6.07) is -5.22. The molecule has 13 nitrogen and oxygen atoms in total. The van der Waals surface area contributed by atoms with Gasteiger partial charge in [0.05, 0.1) is 18.6 Å². The predicted molar refractivity (Wildman–Crippen MR) is 82.3 cm³/mol. The van der Waals surface area contributed by atoms with Crippen LogP contribution in [0.5, 0.6) is 0 Å². The molecule has 0 aliphatic rings. The fourth-order valence-corrected chi connectivity index (χ4v) is 1.46. The highest BCUT2D eigenvalue weighted by Crippen LogP contribution is 1.96. The zero-order valence-corrected chi connectivity index (χ0v) is 13.6. The predicted octanol–water partition coefficient (Wildman–Crippen LogP) is -4.14. The molecule has 0 spiro atoms. The van der Waals surface area contributed by atoms with E-state index in [0.29, 0.717) is 0 Å². The van der Waals surface area contributed by atoms with Crippen LogP contribution < -0.4 is 33.0 Å². The first kappa shape index (κ1) is 22.1. The van der Waals surface area contributed by atoms with Crippen LogP contribution in [0, 0.1) is 0 Å². The number of hydrogen-bond donors (Lipinski definition) is 8. The monoisotopic (exact) mass is 362 g/mol. The number of hydrogen-bond acceptors (Lipinski definition) is 7. The van der Waals surface area contributed by atoms with Crippen molar-refractivity contribution in [3.05, 3.63) is 0 Å². The van der Waals surface area contributed by atoms with Crippen molar-refractivity contribution in [1.82, 2.24) is 21.5 Å². The van der Waals surface area contributed by atoms with Crippen LogP contribution in [0.4, 0.5) is 4.79 Å². The molecular formula is C12H22N6O7. The number of carbonyl (C=O) groups is 5. The van der Waals surface area contributed by atoms with Crippen LogP contribution in [0.1, 0.15) is 20.3 Å². The van der Waals surface area contributed by atoms with Gasteiger partial charge in [0.15, 0.2) is 6.04 Å². The number of carboxylic acid groups (broad SMARTS) is 1. The van der Waals surface area contributed by atoms with Crippen molar-refractivity contribution in [1.29, 1.82) is 0 Å². The first-order chi connectivity index (χ1) is 11.5. The zero-order valence-electron chi connectivity index (χ0n) is 13.6. The maximum atomic E-state index is 11.9. The average Bonchev–Trinajstić information content (AvgIpc) is 2.47. The Balaban J connectivity index is 4.89. The number of aliphatic carboxylic acids is 1. The van der Waals surface area contributed by atoms with Gasteiger partial charge in [0.1, 0.15) is 6.04 Å². The SMILES string of the molecule is CC(N)C(=O)NNC(=O)C(CC(N)=O)NC(=O)NC(C(=O)O)C(C)O. The fraction of sp³-hybridized carbons (Fsp3) is 0.583. The van der Waals surface area contributed by atoms with Crippen LogP contribution >= 0.6 is 0 Å². The summed E-state index contributed by atoms with van der Waals surface area (Å²) < 4.78 is 0. The van der Waals surface area contributed by atoms with Gasteiger partial charge in [-0.2, -0.15) is 0 Å². The minimum atomic E-state index is -1.64. The number of amides is 5. The minimum Gasteiger partial charge on any atom is -0.480 e. The topological polar surface area (TPSA) is 226 Å². The summed E-state index contributed by atoms with van der Waals surface area (Å²) in [4.78, 5) is 56.9. The molecule has 0 bridgehead atoms. The molecule has 0 saturated carbocycles. The zero-order chi connectivity index (χ0) is 19.7. The third-order valence-corrected chi connectivity index (χ3v) is 2.78. The highest BCUT2D eigenvalue weighted by Gasteiger charge is 2.28. The molecule has 0 radical (unpaired) electrons. The molecule has 0 aliphatic carbocycles. The highest BCUT2D eigenvalue weighted by atomic mass is 16.4. The third kappa shape index (κ3) is 8.47. The Bertz CT molecular complexity index is 536. The second-order valence-corrected chi connectivity index (χ2v) is 5.16. The maximum Gasteiger partial charge on any atom is 0.328 e. The molecule has 0 aliphatic heterocycles. The number of aliphatic hydroxyl groups is 1. The number of primary amides is 1. The normalized spacial score (nSPS) is 15.0. The molecule has 0 aromatic carbocycles. The Labute approximate surface area is 142 Å². The number of urea groups is 1. The molecule has 5 amide bonds. The summed E-state index contributed by atoms with van der Waals surface area (Å²) in [6.45, 7) is 2.49. The number of nitrogens with two attached hydrogens (primary N) is 2. The molecule has 10 N–H and O–H groups in total. The molecule has 0 rings (SSSR count). The van der Waals surface area contributed by atoms with E-state index in [0.717, 1.165) is 6.92 Å². The van der Waals surface area contributed by atoms with Crippen molar-refractivity contribution in [2.45, 2.75) is 44.5 Å². The second-order valence-electron chi connectivity index (χ2n) is 5.16. The number of nitrogens with one attached hydrogen (secondary N) is 4. The van der Waals surface area contributed by atoms with Gasteiger partial charge in [0.25, 0.3) is 11.8 Å². The van der Waals surface area contributed by atoms with E-state index in [1.54, 1.807) is 0 Å². The molecule has 0 saturated heterocycles. The molecule has 25 heavy (non-hydrogen) atoms. The van der Waals surface area contributed by atoms with E-state index in [4.69, 9.17) is 16.6 Å². The molecular weight excluding hydrogens is 340 g/mol. The Kier molecular flexibility index (Phi) is 8.87. The van der Waals surface area contributed by atoms with E-state index >= 15 is 0 Å². The van der Waals surface area contributed by atoms with Gasteiger partial charge in [-0.05, 0) is 13.8 Å². The molecule has 0 aromatic rings. The van der Waals surface area contributed by atoms with E-state index < -0.39 is 60.4 Å². The molecule has 142 valence electrons. The maximum absolute atomic E-state index is 11.9. The van der Waals surface area contributed by atoms with Crippen molar-refractivity contribution in [2.75, 3.05) is 0 Å². The van der Waals surface area contributed by atoms with Gasteiger partial charge in [-0.25, -0.2) is 9.59 Å². The van der Waals surface area contributed by atoms with E-state index in [1.807, 2.05) is 21.5 Å². The Morgan fingerprint density at radius 1 is 1.00 bits per heavy atom. The third-order valence-electron chi connectivity index (χ3n) is 2.78. The number of hydrazine groups is 1. The second kappa shape index (κ2) is 10.0. The van der Waals surface area contributed by atoms with Gasteiger partial charge in [0.2, 0.25) is 5.91 Å². The van der Waals surface area contributed by atoms with Crippen LogP contribution in [0.15, 0.2) is 0 Å². The van der Waals surface area contributed by atoms with Crippen molar-refractivity contribution < 1.29 is 34.2 Å². The number of carbonyl (C=O) groups excluding carboxylic acids is 4. The van der Waals surface area contributed by atoms with Gasteiger partial charge in [-0.3, -0.25) is 25.2 Å². The van der Waals surface area contributed by atoms with Crippen LogP contribution in [-0.2, 0) is 19.2 Å². The first-order valence-corrected chi connectivity index (χ1v) is 7.07. The Morgan fingerprint density at radius 2 is 1.52 bits per heavy atom. The quantitative estimate of drug-likeness (QED) is 0.197. The Hall–Kier alpha value is -2.93. The van der Waals surface area contributed by atoms with Crippen LogP contribution in [-0.4, -0.2) is 64.2 Å². The van der Waals surface area contributed by atoms with Crippen LogP contribution in [0.3, 0.4) is 0 Å². The smallest absolute Gasteiger partial charge is 0.328 e. The average molecular weight is 362 g/mol. The number of rotatable bonds is 8. The van der Waals surface area contributed by atoms with Gasteiger partial charge in [-0.1, -0.05) is 0 Å². The van der Waals surface area contributed by atoms with Gasteiger partial charge < -0.3 is 32.3 Å². The van der Waals surface area contributed by atoms with Crippen molar-refractivity contribution in [3.63, 3.8) is 0 Å². The largest absolute Gasteiger partial charge is 0.480 e. The van der Waals surface area contributed by atoms with Crippen molar-refractivity contribution in [3.8, 4) is 0 Å². The van der Waals surface area contributed by atoms with Gasteiger partial charge in [-0.15, -0.1) is 0 Å². The lowest BCUT2D eigenvalue weighted by atomic mass is 10.1. The Morgan fingerprint density at radius 3 is 1.92 bits per heavy atom. The van der Waals surface area contributed by atoms with Crippen molar-refractivity contribution >= 4 is 29.7 Å². The number of carboxylic acids is 1. The van der Waals surface area contributed by atoms with Crippen LogP contribution in [0.25, 0.3) is 0 Å². The lowest BCUT2D eigenvalue weighted by molar-refractivity contribution is -0.141. The summed E-state index contributed by atoms with van der Waals surface area (Å²) in [6.07, 6.45) is -2.04. The summed E-state index contributed by atoms with van der Waals surface area (Å²) in [5.74, 6) is -4.17. The summed E-state index contributed by atoms with van der Waals surface area (Å²) in [7, 11) is 0. The molecule has 13 heteroatoms. The van der Waals surface area contributed by atoms with Crippen LogP contribution in [0.2, 0.25) is 0 Å². The minimum absolute atomic E-state index is 0.625. The summed E-state index contributed by atoms with van der Waals surface area (Å²) in [5, 5.41) is 22.1. The molecule has 0 aromatic heterocycles.